The zero-order chi connectivity index (χ0) is 11.7. The summed E-state index contributed by atoms with van der Waals surface area (Å²) in [5.41, 5.74) is 0.710. The molecule has 0 spiro atoms. The first-order valence-corrected chi connectivity index (χ1v) is 5.22. The van der Waals surface area contributed by atoms with E-state index in [1.807, 2.05) is 0 Å². The summed E-state index contributed by atoms with van der Waals surface area (Å²) in [6.45, 7) is 0. The molecule has 0 amide bonds. The predicted octanol–water partition coefficient (Wildman–Crippen LogP) is 3.01. The van der Waals surface area contributed by atoms with Crippen LogP contribution in [-0.2, 0) is 9.53 Å². The molecule has 0 unspecified atom stereocenters. The van der Waals surface area contributed by atoms with Crippen LogP contribution in [0.25, 0.3) is 0 Å². The lowest BCUT2D eigenvalue weighted by molar-refractivity contribution is -0.135. The van der Waals surface area contributed by atoms with E-state index in [0.717, 1.165) is 0 Å². The van der Waals surface area contributed by atoms with Gasteiger partial charge in [-0.25, -0.2) is 0 Å². The Bertz CT molecular complexity index is 506. The molecule has 0 bridgehead atoms. The number of carbonyl (C=O) groups is 2. The number of hydrogen-bond acceptors (Lipinski definition) is 3. The highest BCUT2D eigenvalue weighted by molar-refractivity contribution is 6.42. The van der Waals surface area contributed by atoms with E-state index in [4.69, 9.17) is 23.2 Å². The van der Waals surface area contributed by atoms with Gasteiger partial charge in [-0.15, -0.1) is 0 Å². The zero-order valence-electron chi connectivity index (χ0n) is 8.00. The molecule has 3 nitrogen and oxygen atoms in total. The molecule has 16 heavy (non-hydrogen) atoms. The summed E-state index contributed by atoms with van der Waals surface area (Å²) >= 11 is 11.5. The van der Waals surface area contributed by atoms with Gasteiger partial charge >= 0.3 is 5.97 Å². The number of ether oxygens (including phenoxy) is 1. The van der Waals surface area contributed by atoms with Crippen LogP contribution in [0.1, 0.15) is 16.8 Å². The van der Waals surface area contributed by atoms with Crippen molar-refractivity contribution < 1.29 is 14.3 Å². The summed E-state index contributed by atoms with van der Waals surface area (Å²) in [6, 6.07) is 4.56. The lowest BCUT2D eigenvalue weighted by Crippen LogP contribution is -2.03. The molecule has 1 heterocycles. The maximum Gasteiger partial charge on any atom is 0.315 e. The molecular weight excluding hydrogens is 251 g/mol. The number of benzene rings is 1. The van der Waals surface area contributed by atoms with E-state index in [-0.39, 0.29) is 12.2 Å². The van der Waals surface area contributed by atoms with Gasteiger partial charge in [0, 0.05) is 11.1 Å². The van der Waals surface area contributed by atoms with Crippen molar-refractivity contribution in [3.05, 3.63) is 45.6 Å². The van der Waals surface area contributed by atoms with Gasteiger partial charge in [-0.3, -0.25) is 9.59 Å². The summed E-state index contributed by atoms with van der Waals surface area (Å²) in [4.78, 5) is 22.7. The van der Waals surface area contributed by atoms with Crippen LogP contribution < -0.4 is 0 Å². The fraction of sp³-hybridized carbons (Fsp3) is 0.0909. The van der Waals surface area contributed by atoms with Gasteiger partial charge in [0.2, 0.25) is 0 Å². The number of ketones is 1. The first kappa shape index (κ1) is 11.2. The largest absolute Gasteiger partial charge is 0.434 e. The third kappa shape index (κ3) is 2.10. The number of cyclic esters (lactones) is 1. The maximum absolute atomic E-state index is 11.9. The second-order valence-corrected chi connectivity index (χ2v) is 4.08. The Balaban J connectivity index is 2.28. The van der Waals surface area contributed by atoms with Crippen LogP contribution in [0.5, 0.6) is 0 Å². The van der Waals surface area contributed by atoms with Gasteiger partial charge < -0.3 is 4.74 Å². The molecule has 0 N–H and O–H groups in total. The van der Waals surface area contributed by atoms with Crippen molar-refractivity contribution in [2.45, 2.75) is 6.42 Å². The predicted molar refractivity (Wildman–Crippen MR) is 59.6 cm³/mol. The molecule has 0 saturated carbocycles. The number of rotatable bonds is 2. The molecule has 0 fully saturated rings. The fourth-order valence-electron chi connectivity index (χ4n) is 1.33. The van der Waals surface area contributed by atoms with Crippen molar-refractivity contribution in [3.8, 4) is 0 Å². The smallest absolute Gasteiger partial charge is 0.315 e. The zero-order valence-corrected chi connectivity index (χ0v) is 9.51. The highest BCUT2D eigenvalue weighted by Gasteiger charge is 2.22. The van der Waals surface area contributed by atoms with E-state index in [9.17, 15) is 9.59 Å². The highest BCUT2D eigenvalue weighted by Crippen LogP contribution is 2.25. The van der Waals surface area contributed by atoms with Crippen molar-refractivity contribution in [3.63, 3.8) is 0 Å². The average Bonchev–Trinajstić information content (AvgIpc) is 2.68. The first-order valence-electron chi connectivity index (χ1n) is 4.46. The fourth-order valence-corrected chi connectivity index (χ4v) is 1.63. The van der Waals surface area contributed by atoms with Gasteiger partial charge in [-0.1, -0.05) is 23.2 Å². The van der Waals surface area contributed by atoms with E-state index < -0.39 is 5.97 Å². The monoisotopic (exact) mass is 256 g/mol. The molecule has 1 aromatic rings. The molecular formula is C11H6Cl2O3. The van der Waals surface area contributed by atoms with Gasteiger partial charge in [-0.2, -0.15) is 0 Å². The van der Waals surface area contributed by atoms with Crippen LogP contribution in [0.15, 0.2) is 30.0 Å². The van der Waals surface area contributed by atoms with Crippen LogP contribution in [0, 0.1) is 0 Å². The molecule has 82 valence electrons. The van der Waals surface area contributed by atoms with E-state index in [2.05, 4.69) is 4.74 Å². The average molecular weight is 257 g/mol. The van der Waals surface area contributed by atoms with E-state index in [1.165, 1.54) is 18.4 Å². The molecule has 0 aliphatic carbocycles. The summed E-state index contributed by atoms with van der Waals surface area (Å²) in [5, 5.41) is 0.685. The maximum atomic E-state index is 11.9. The van der Waals surface area contributed by atoms with Gasteiger partial charge in [0.15, 0.2) is 5.78 Å². The topological polar surface area (TPSA) is 43.4 Å². The molecule has 1 aromatic carbocycles. The summed E-state index contributed by atoms with van der Waals surface area (Å²) in [7, 11) is 0. The van der Waals surface area contributed by atoms with Gasteiger partial charge in [-0.05, 0) is 18.2 Å². The SMILES string of the molecule is O=C1CC(C(=O)c2ccc(Cl)c(Cl)c2)=CO1. The van der Waals surface area contributed by atoms with Crippen molar-refractivity contribution in [2.24, 2.45) is 0 Å². The standard InChI is InChI=1S/C11H6Cl2O3/c12-8-2-1-6(3-9(8)13)11(15)7-4-10(14)16-5-7/h1-3,5H,4H2. The van der Waals surface area contributed by atoms with E-state index >= 15 is 0 Å². The second kappa shape index (κ2) is 4.28. The minimum Gasteiger partial charge on any atom is -0.434 e. The van der Waals surface area contributed by atoms with E-state index in [0.29, 0.717) is 21.2 Å². The van der Waals surface area contributed by atoms with Crippen molar-refractivity contribution >= 4 is 35.0 Å². The summed E-state index contributed by atoms with van der Waals surface area (Å²) < 4.78 is 4.58. The molecule has 0 aromatic heterocycles. The number of halogens is 2. The Morgan fingerprint density at radius 1 is 1.25 bits per heavy atom. The highest BCUT2D eigenvalue weighted by atomic mass is 35.5. The molecule has 5 heteroatoms. The number of esters is 1. The van der Waals surface area contributed by atoms with Crippen LogP contribution in [0.3, 0.4) is 0 Å². The van der Waals surface area contributed by atoms with Crippen LogP contribution >= 0.6 is 23.2 Å². The quantitative estimate of drug-likeness (QED) is 0.604. The normalized spacial score (nSPS) is 14.6. The lowest BCUT2D eigenvalue weighted by atomic mass is 10.0. The summed E-state index contributed by atoms with van der Waals surface area (Å²) in [5.74, 6) is -0.701. The second-order valence-electron chi connectivity index (χ2n) is 3.27. The van der Waals surface area contributed by atoms with Crippen molar-refractivity contribution in [2.75, 3.05) is 0 Å². The number of carbonyl (C=O) groups excluding carboxylic acids is 2. The third-order valence-corrected chi connectivity index (χ3v) is 2.88. The first-order chi connectivity index (χ1) is 7.58. The molecule has 0 radical (unpaired) electrons. The Hall–Kier alpha value is -1.32. The Labute approximate surface area is 102 Å². The minimum absolute atomic E-state index is 0.000914. The number of hydrogen-bond donors (Lipinski definition) is 0. The molecule has 2 rings (SSSR count). The van der Waals surface area contributed by atoms with Crippen LogP contribution in [0.2, 0.25) is 10.0 Å². The van der Waals surface area contributed by atoms with Gasteiger partial charge in [0.1, 0.15) is 6.26 Å². The van der Waals surface area contributed by atoms with E-state index in [1.54, 1.807) is 6.07 Å². The molecule has 0 saturated heterocycles. The lowest BCUT2D eigenvalue weighted by Gasteiger charge is -2.01. The Kier molecular flexibility index (Phi) is 2.99. The molecule has 1 aliphatic heterocycles. The molecule has 0 atom stereocenters. The third-order valence-electron chi connectivity index (χ3n) is 2.14. The Morgan fingerprint density at radius 3 is 2.56 bits per heavy atom. The van der Waals surface area contributed by atoms with Gasteiger partial charge in [0.25, 0.3) is 0 Å². The minimum atomic E-state index is -0.427. The Morgan fingerprint density at radius 2 is 2.00 bits per heavy atom. The number of Topliss-reactive ketones (excluding diaryl/α,β-unsaturated/α-hetero) is 1. The van der Waals surface area contributed by atoms with Crippen LogP contribution in [0.4, 0.5) is 0 Å². The van der Waals surface area contributed by atoms with Crippen molar-refractivity contribution in [1.82, 2.24) is 0 Å². The van der Waals surface area contributed by atoms with Crippen LogP contribution in [-0.4, -0.2) is 11.8 Å². The molecule has 1 aliphatic rings. The summed E-state index contributed by atoms with van der Waals surface area (Å²) in [6.07, 6.45) is 1.17. The van der Waals surface area contributed by atoms with Gasteiger partial charge in [0.05, 0.1) is 16.5 Å². The van der Waals surface area contributed by atoms with Crippen molar-refractivity contribution in [1.29, 1.82) is 0 Å².